The van der Waals surface area contributed by atoms with Gasteiger partial charge in [0.2, 0.25) is 11.8 Å². The van der Waals surface area contributed by atoms with E-state index in [2.05, 4.69) is 5.32 Å². The van der Waals surface area contributed by atoms with E-state index in [1.807, 2.05) is 68.4 Å². The fraction of sp³-hybridized carbons (Fsp3) is 0.355. The number of carbonyl (C=O) groups is 2. The molecule has 0 fully saturated rings. The number of benzene rings is 3. The van der Waals surface area contributed by atoms with Crippen molar-refractivity contribution in [2.24, 2.45) is 0 Å². The lowest BCUT2D eigenvalue weighted by molar-refractivity contribution is -0.140. The SMILES string of the molecule is CCCCNC(=O)[C@@H](Cc1ccccc1)N(Cc1cccc(C)c1)C(=O)CN(c1ccc(F)cc1)S(=O)(=O)N(C)C. The maximum atomic E-state index is 14.2. The molecule has 1 N–H and O–H groups in total. The van der Waals surface area contributed by atoms with Crippen LogP contribution in [0.15, 0.2) is 78.9 Å². The molecule has 8 nitrogen and oxygen atoms in total. The molecular weight excluding hydrogens is 543 g/mol. The third-order valence-electron chi connectivity index (χ3n) is 6.67. The lowest BCUT2D eigenvalue weighted by Gasteiger charge is -2.34. The van der Waals surface area contributed by atoms with Gasteiger partial charge < -0.3 is 10.2 Å². The highest BCUT2D eigenvalue weighted by Crippen LogP contribution is 2.22. The summed E-state index contributed by atoms with van der Waals surface area (Å²) in [4.78, 5) is 29.3. The number of rotatable bonds is 14. The summed E-state index contributed by atoms with van der Waals surface area (Å²) in [5.41, 5.74) is 2.80. The average molecular weight is 583 g/mol. The number of nitrogens with one attached hydrogen (secondary N) is 1. The summed E-state index contributed by atoms with van der Waals surface area (Å²) in [7, 11) is -1.42. The van der Waals surface area contributed by atoms with Crippen LogP contribution in [-0.2, 0) is 32.8 Å². The van der Waals surface area contributed by atoms with Gasteiger partial charge in [-0.05, 0) is 48.7 Å². The number of anilines is 1. The van der Waals surface area contributed by atoms with Crippen molar-refractivity contribution in [2.45, 2.75) is 45.7 Å². The zero-order valence-corrected chi connectivity index (χ0v) is 24.9. The van der Waals surface area contributed by atoms with Crippen LogP contribution in [0.25, 0.3) is 0 Å². The second-order valence-electron chi connectivity index (χ2n) is 10.1. The van der Waals surface area contributed by atoms with Crippen LogP contribution < -0.4 is 9.62 Å². The van der Waals surface area contributed by atoms with Crippen molar-refractivity contribution < 1.29 is 22.4 Å². The fourth-order valence-corrected chi connectivity index (χ4v) is 5.45. The summed E-state index contributed by atoms with van der Waals surface area (Å²) in [6.07, 6.45) is 1.92. The molecule has 3 aromatic carbocycles. The zero-order chi connectivity index (χ0) is 30.0. The average Bonchev–Trinajstić information content (AvgIpc) is 2.94. The van der Waals surface area contributed by atoms with Gasteiger partial charge in [-0.1, -0.05) is 73.5 Å². The minimum atomic E-state index is -4.14. The maximum absolute atomic E-state index is 14.2. The van der Waals surface area contributed by atoms with Crippen LogP contribution in [0.4, 0.5) is 10.1 Å². The number of halogens is 1. The van der Waals surface area contributed by atoms with Crippen molar-refractivity contribution in [3.05, 3.63) is 101 Å². The second kappa shape index (κ2) is 14.7. The first-order chi connectivity index (χ1) is 19.5. The molecule has 0 bridgehead atoms. The maximum Gasteiger partial charge on any atom is 0.304 e. The van der Waals surface area contributed by atoms with Gasteiger partial charge in [0.1, 0.15) is 18.4 Å². The highest BCUT2D eigenvalue weighted by molar-refractivity contribution is 7.90. The van der Waals surface area contributed by atoms with Crippen LogP contribution >= 0.6 is 0 Å². The molecule has 2 amide bonds. The first-order valence-electron chi connectivity index (χ1n) is 13.6. The summed E-state index contributed by atoms with van der Waals surface area (Å²) < 4.78 is 42.3. The van der Waals surface area contributed by atoms with E-state index in [1.165, 1.54) is 31.1 Å². The highest BCUT2D eigenvalue weighted by atomic mass is 32.2. The van der Waals surface area contributed by atoms with Gasteiger partial charge in [-0.25, -0.2) is 8.70 Å². The van der Waals surface area contributed by atoms with Gasteiger partial charge in [0.15, 0.2) is 0 Å². The first kappa shape index (κ1) is 31.8. The van der Waals surface area contributed by atoms with Gasteiger partial charge >= 0.3 is 10.2 Å². The minimum absolute atomic E-state index is 0.0957. The van der Waals surface area contributed by atoms with Crippen LogP contribution in [0.1, 0.15) is 36.5 Å². The minimum Gasteiger partial charge on any atom is -0.354 e. The van der Waals surface area contributed by atoms with E-state index in [9.17, 15) is 22.4 Å². The van der Waals surface area contributed by atoms with E-state index in [4.69, 9.17) is 0 Å². The number of unbranched alkanes of at least 4 members (excludes halogenated alkanes) is 1. The fourth-order valence-electron chi connectivity index (χ4n) is 4.39. The Hall–Kier alpha value is -3.76. The Labute approximate surface area is 243 Å². The van der Waals surface area contributed by atoms with Crippen molar-refractivity contribution in [3.8, 4) is 0 Å². The molecule has 0 saturated heterocycles. The Morgan fingerprint density at radius 2 is 1.59 bits per heavy atom. The molecule has 3 aromatic rings. The lowest BCUT2D eigenvalue weighted by atomic mass is 10.0. The molecule has 0 unspecified atom stereocenters. The smallest absolute Gasteiger partial charge is 0.304 e. The molecule has 41 heavy (non-hydrogen) atoms. The van der Waals surface area contributed by atoms with Crippen LogP contribution in [0.2, 0.25) is 0 Å². The van der Waals surface area contributed by atoms with E-state index in [0.29, 0.717) is 6.54 Å². The van der Waals surface area contributed by atoms with Crippen molar-refractivity contribution in [1.82, 2.24) is 14.5 Å². The van der Waals surface area contributed by atoms with Gasteiger partial charge in [0, 0.05) is 33.6 Å². The topological polar surface area (TPSA) is 90.0 Å². The molecule has 0 spiro atoms. The summed E-state index contributed by atoms with van der Waals surface area (Å²) >= 11 is 0. The van der Waals surface area contributed by atoms with Crippen molar-refractivity contribution in [3.63, 3.8) is 0 Å². The van der Waals surface area contributed by atoms with Gasteiger partial charge in [-0.3, -0.25) is 9.59 Å². The van der Waals surface area contributed by atoms with E-state index in [1.54, 1.807) is 0 Å². The largest absolute Gasteiger partial charge is 0.354 e. The Morgan fingerprint density at radius 3 is 2.20 bits per heavy atom. The molecule has 0 heterocycles. The third-order valence-corrected chi connectivity index (χ3v) is 8.49. The summed E-state index contributed by atoms with van der Waals surface area (Å²) in [5, 5.41) is 2.96. The molecule has 0 aromatic heterocycles. The van der Waals surface area contributed by atoms with Crippen molar-refractivity contribution in [1.29, 1.82) is 0 Å². The zero-order valence-electron chi connectivity index (χ0n) is 24.1. The van der Waals surface area contributed by atoms with Gasteiger partial charge in [-0.2, -0.15) is 12.7 Å². The molecule has 0 aliphatic rings. The molecule has 0 aliphatic heterocycles. The van der Waals surface area contributed by atoms with Crippen LogP contribution in [0.3, 0.4) is 0 Å². The molecule has 0 radical (unpaired) electrons. The first-order valence-corrected chi connectivity index (χ1v) is 15.0. The van der Waals surface area contributed by atoms with Crippen LogP contribution in [0.5, 0.6) is 0 Å². The van der Waals surface area contributed by atoms with Gasteiger partial charge in [0.05, 0.1) is 5.69 Å². The summed E-state index contributed by atoms with van der Waals surface area (Å²) in [5.74, 6) is -1.41. The molecule has 10 heteroatoms. The predicted molar refractivity (Wildman–Crippen MR) is 160 cm³/mol. The van der Waals surface area contributed by atoms with Crippen molar-refractivity contribution >= 4 is 27.7 Å². The standard InChI is InChI=1S/C31H39FN4O4S/c1-5-6-19-33-31(38)29(21-25-12-8-7-9-13-25)35(22-26-14-10-11-24(2)20-26)30(37)23-36(41(39,40)34(3)4)28-17-15-27(32)16-18-28/h7-18,20,29H,5-6,19,21-23H2,1-4H3,(H,33,38)/t29-/m1/s1. The Kier molecular flexibility index (Phi) is 11.4. The number of hydrogen-bond donors (Lipinski definition) is 1. The van der Waals surface area contributed by atoms with E-state index in [-0.39, 0.29) is 24.6 Å². The Morgan fingerprint density at radius 1 is 0.927 bits per heavy atom. The Balaban J connectivity index is 2.07. The molecule has 3 rings (SSSR count). The second-order valence-corrected chi connectivity index (χ2v) is 12.2. The Bertz CT molecular complexity index is 1400. The van der Waals surface area contributed by atoms with E-state index >= 15 is 0 Å². The number of nitrogens with zero attached hydrogens (tertiary/aromatic N) is 3. The monoisotopic (exact) mass is 582 g/mol. The third kappa shape index (κ3) is 8.86. The molecule has 0 aliphatic carbocycles. The quantitative estimate of drug-likeness (QED) is 0.287. The van der Waals surface area contributed by atoms with Crippen LogP contribution in [0, 0.1) is 12.7 Å². The highest BCUT2D eigenvalue weighted by Gasteiger charge is 2.34. The normalized spacial score (nSPS) is 12.1. The van der Waals surface area contributed by atoms with E-state index < -0.39 is 34.5 Å². The molecule has 220 valence electrons. The predicted octanol–water partition coefficient (Wildman–Crippen LogP) is 4.30. The van der Waals surface area contributed by atoms with E-state index in [0.717, 1.165) is 50.3 Å². The molecule has 0 saturated carbocycles. The number of amides is 2. The molecular formula is C31H39FN4O4S. The summed E-state index contributed by atoms with van der Waals surface area (Å²) in [6.45, 7) is 3.94. The lowest BCUT2D eigenvalue weighted by Crippen LogP contribution is -2.54. The van der Waals surface area contributed by atoms with Crippen LogP contribution in [-0.4, -0.2) is 62.7 Å². The van der Waals surface area contributed by atoms with Crippen molar-refractivity contribution in [2.75, 3.05) is 31.5 Å². The number of aryl methyl sites for hydroxylation is 1. The number of hydrogen-bond acceptors (Lipinski definition) is 4. The van der Waals surface area contributed by atoms with Gasteiger partial charge in [-0.15, -0.1) is 0 Å². The molecule has 1 atom stereocenters. The number of carbonyl (C=O) groups excluding carboxylic acids is 2. The summed E-state index contributed by atoms with van der Waals surface area (Å²) in [6, 6.07) is 21.0. The van der Waals surface area contributed by atoms with Gasteiger partial charge in [0.25, 0.3) is 0 Å².